The van der Waals surface area contributed by atoms with Crippen LogP contribution in [0, 0.1) is 13.8 Å². The van der Waals surface area contributed by atoms with Crippen LogP contribution in [0.15, 0.2) is 48.7 Å². The monoisotopic (exact) mass is 387 g/mol. The minimum Gasteiger partial charge on any atom is -0.334 e. The Kier molecular flexibility index (Phi) is 5.27. The molecule has 1 saturated heterocycles. The summed E-state index contributed by atoms with van der Waals surface area (Å²) in [5.41, 5.74) is 6.18. The molecule has 2 aromatic heterocycles. The van der Waals surface area contributed by atoms with Crippen molar-refractivity contribution >= 4 is 17.6 Å². The summed E-state index contributed by atoms with van der Waals surface area (Å²) in [6.07, 6.45) is 9.03. The molecule has 29 heavy (non-hydrogen) atoms. The second-order valence-corrected chi connectivity index (χ2v) is 8.35. The maximum Gasteiger partial charge on any atom is 0.247 e. The predicted octanol–water partition coefficient (Wildman–Crippen LogP) is 5.42. The Bertz CT molecular complexity index is 1050. The lowest BCUT2D eigenvalue weighted by molar-refractivity contribution is -0.131. The first kappa shape index (κ1) is 19.4. The van der Waals surface area contributed by atoms with Gasteiger partial charge >= 0.3 is 0 Å². The van der Waals surface area contributed by atoms with Crippen molar-refractivity contribution in [1.29, 1.82) is 0 Å². The molecule has 1 aromatic carbocycles. The van der Waals surface area contributed by atoms with Gasteiger partial charge < -0.3 is 4.90 Å². The van der Waals surface area contributed by atoms with Gasteiger partial charge in [-0.15, -0.1) is 0 Å². The summed E-state index contributed by atoms with van der Waals surface area (Å²) in [6.45, 7) is 8.45. The van der Waals surface area contributed by atoms with Crippen LogP contribution in [-0.2, 0) is 4.79 Å². The number of aromatic nitrogens is 2. The largest absolute Gasteiger partial charge is 0.334 e. The highest BCUT2D eigenvalue weighted by molar-refractivity contribution is 5.93. The fourth-order valence-corrected chi connectivity index (χ4v) is 4.34. The summed E-state index contributed by atoms with van der Waals surface area (Å²) in [4.78, 5) is 19.9. The quantitative estimate of drug-likeness (QED) is 0.563. The van der Waals surface area contributed by atoms with E-state index >= 15 is 0 Å². The van der Waals surface area contributed by atoms with Gasteiger partial charge in [-0.2, -0.15) is 0 Å². The number of imidazole rings is 1. The number of carbonyl (C=O) groups excluding carboxylic acids is 1. The fraction of sp³-hybridized carbons (Fsp3) is 0.360. The summed E-state index contributed by atoms with van der Waals surface area (Å²) in [5, 5.41) is 0. The molecular weight excluding hydrogens is 358 g/mol. The molecule has 4 heteroatoms. The number of hydrogen-bond donors (Lipinski definition) is 0. The van der Waals surface area contributed by atoms with E-state index in [0.29, 0.717) is 0 Å². The molecule has 0 radical (unpaired) electrons. The van der Waals surface area contributed by atoms with Crippen molar-refractivity contribution in [3.05, 3.63) is 65.5 Å². The van der Waals surface area contributed by atoms with Gasteiger partial charge in [0.05, 0.1) is 11.4 Å². The molecule has 0 bridgehead atoms. The summed E-state index contributed by atoms with van der Waals surface area (Å²) < 4.78 is 2.06. The van der Waals surface area contributed by atoms with Gasteiger partial charge in [0, 0.05) is 29.9 Å². The number of hydrogen-bond acceptors (Lipinski definition) is 2. The van der Waals surface area contributed by atoms with E-state index < -0.39 is 0 Å². The Hall–Kier alpha value is -2.88. The first-order valence-corrected chi connectivity index (χ1v) is 10.5. The van der Waals surface area contributed by atoms with E-state index in [1.54, 1.807) is 6.08 Å². The van der Waals surface area contributed by atoms with Crippen molar-refractivity contribution in [3.63, 3.8) is 0 Å². The van der Waals surface area contributed by atoms with E-state index in [4.69, 9.17) is 4.98 Å². The molecule has 0 spiro atoms. The Morgan fingerprint density at radius 2 is 1.72 bits per heavy atom. The third-order valence-corrected chi connectivity index (χ3v) is 5.98. The number of amides is 1. The SMILES string of the molecule is Cc1ccc(-c2nc3cc(C)ccn3c2/C=C/C(=O)N2C(C)CCCC2C)cc1. The molecule has 0 N–H and O–H groups in total. The van der Waals surface area contributed by atoms with Crippen molar-refractivity contribution in [3.8, 4) is 11.3 Å². The standard InChI is InChI=1S/C25H29N3O/c1-17-8-10-21(11-9-17)25-22(27-15-14-18(2)16-23(27)26-25)12-13-24(29)28-19(3)6-5-7-20(28)4/h8-16,19-20H,5-7H2,1-4H3/b13-12+. The zero-order valence-corrected chi connectivity index (χ0v) is 17.7. The van der Waals surface area contributed by atoms with E-state index in [1.807, 2.05) is 17.2 Å². The minimum atomic E-state index is 0.0848. The van der Waals surface area contributed by atoms with Crippen LogP contribution in [0.1, 0.15) is 49.9 Å². The highest BCUT2D eigenvalue weighted by Crippen LogP contribution is 2.27. The normalized spacial score (nSPS) is 19.9. The van der Waals surface area contributed by atoms with Gasteiger partial charge in [-0.1, -0.05) is 29.8 Å². The molecule has 1 amide bonds. The molecule has 2 atom stereocenters. The number of likely N-dealkylation sites (tertiary alicyclic amines) is 1. The molecule has 1 aliphatic rings. The average Bonchev–Trinajstić information content (AvgIpc) is 3.04. The van der Waals surface area contributed by atoms with Crippen molar-refractivity contribution in [2.24, 2.45) is 0 Å². The van der Waals surface area contributed by atoms with Crippen LogP contribution in [0.25, 0.3) is 23.0 Å². The van der Waals surface area contributed by atoms with Crippen molar-refractivity contribution < 1.29 is 4.79 Å². The van der Waals surface area contributed by atoms with Crippen molar-refractivity contribution in [2.75, 3.05) is 0 Å². The number of piperidine rings is 1. The Labute approximate surface area is 172 Å². The smallest absolute Gasteiger partial charge is 0.247 e. The lowest BCUT2D eigenvalue weighted by atomic mass is 9.97. The van der Waals surface area contributed by atoms with Crippen LogP contribution in [0.4, 0.5) is 0 Å². The highest BCUT2D eigenvalue weighted by atomic mass is 16.2. The van der Waals surface area contributed by atoms with Crippen LogP contribution < -0.4 is 0 Å². The molecule has 0 saturated carbocycles. The van der Waals surface area contributed by atoms with Gasteiger partial charge in [0.15, 0.2) is 0 Å². The number of nitrogens with zero attached hydrogens (tertiary/aromatic N) is 3. The predicted molar refractivity (Wildman–Crippen MR) is 119 cm³/mol. The second kappa shape index (κ2) is 7.86. The molecule has 4 nitrogen and oxygen atoms in total. The van der Waals surface area contributed by atoms with Crippen LogP contribution >= 0.6 is 0 Å². The zero-order valence-electron chi connectivity index (χ0n) is 17.7. The summed E-state index contributed by atoms with van der Waals surface area (Å²) in [7, 11) is 0. The van der Waals surface area contributed by atoms with Gasteiger partial charge in [-0.05, 0) is 70.7 Å². The summed E-state index contributed by atoms with van der Waals surface area (Å²) in [6, 6.07) is 13.1. The van der Waals surface area contributed by atoms with E-state index in [9.17, 15) is 4.79 Å². The summed E-state index contributed by atoms with van der Waals surface area (Å²) >= 11 is 0. The van der Waals surface area contributed by atoms with Crippen molar-refractivity contribution in [1.82, 2.24) is 14.3 Å². The Balaban J connectivity index is 1.75. The number of benzene rings is 1. The van der Waals surface area contributed by atoms with Gasteiger partial charge in [0.1, 0.15) is 5.65 Å². The zero-order chi connectivity index (χ0) is 20.5. The first-order valence-electron chi connectivity index (χ1n) is 10.5. The molecule has 4 rings (SSSR count). The van der Waals surface area contributed by atoms with Crippen LogP contribution in [0.5, 0.6) is 0 Å². The molecule has 150 valence electrons. The molecule has 3 heterocycles. The lowest BCUT2D eigenvalue weighted by Crippen LogP contribution is -2.46. The van der Waals surface area contributed by atoms with Gasteiger partial charge in [0.25, 0.3) is 0 Å². The number of aryl methyl sites for hydroxylation is 2. The molecule has 3 aromatic rings. The maximum absolute atomic E-state index is 13.0. The Morgan fingerprint density at radius 3 is 2.41 bits per heavy atom. The number of fused-ring (bicyclic) bond motifs is 1. The number of rotatable bonds is 3. The molecule has 2 unspecified atom stereocenters. The van der Waals surface area contributed by atoms with Gasteiger partial charge in [0.2, 0.25) is 5.91 Å². The third kappa shape index (κ3) is 3.84. The fourth-order valence-electron chi connectivity index (χ4n) is 4.34. The minimum absolute atomic E-state index is 0.0848. The molecule has 1 fully saturated rings. The first-order chi connectivity index (χ1) is 13.9. The molecule has 0 aliphatic carbocycles. The van der Waals surface area contributed by atoms with E-state index in [2.05, 4.69) is 68.5 Å². The number of carbonyl (C=O) groups is 1. The average molecular weight is 388 g/mol. The molecular formula is C25H29N3O. The second-order valence-electron chi connectivity index (χ2n) is 8.35. The molecule has 1 aliphatic heterocycles. The summed E-state index contributed by atoms with van der Waals surface area (Å²) in [5.74, 6) is 0.0848. The van der Waals surface area contributed by atoms with Crippen LogP contribution in [-0.4, -0.2) is 32.3 Å². The van der Waals surface area contributed by atoms with E-state index in [1.165, 1.54) is 17.5 Å². The van der Waals surface area contributed by atoms with Crippen LogP contribution in [0.3, 0.4) is 0 Å². The topological polar surface area (TPSA) is 37.6 Å². The highest BCUT2D eigenvalue weighted by Gasteiger charge is 2.27. The van der Waals surface area contributed by atoms with Crippen molar-refractivity contribution in [2.45, 2.75) is 59.0 Å². The van der Waals surface area contributed by atoms with Crippen LogP contribution in [0.2, 0.25) is 0 Å². The number of pyridine rings is 1. The van der Waals surface area contributed by atoms with E-state index in [-0.39, 0.29) is 18.0 Å². The van der Waals surface area contributed by atoms with E-state index in [0.717, 1.165) is 35.4 Å². The van der Waals surface area contributed by atoms with Gasteiger partial charge in [-0.25, -0.2) is 4.98 Å². The van der Waals surface area contributed by atoms with Gasteiger partial charge in [-0.3, -0.25) is 9.20 Å². The maximum atomic E-state index is 13.0. The lowest BCUT2D eigenvalue weighted by Gasteiger charge is -2.38. The Morgan fingerprint density at radius 1 is 1.03 bits per heavy atom. The third-order valence-electron chi connectivity index (χ3n) is 5.98.